The van der Waals surface area contributed by atoms with Crippen molar-refractivity contribution in [3.05, 3.63) is 30.2 Å². The number of benzene rings is 1. The van der Waals surface area contributed by atoms with Crippen LogP contribution < -0.4 is 4.74 Å². The molecule has 0 aliphatic carbocycles. The summed E-state index contributed by atoms with van der Waals surface area (Å²) in [5, 5.41) is 12.6. The number of ether oxygens (including phenoxy) is 1. The highest BCUT2D eigenvalue weighted by atomic mass is 16.5. The van der Waals surface area contributed by atoms with Crippen molar-refractivity contribution < 1.29 is 24.0 Å². The summed E-state index contributed by atoms with van der Waals surface area (Å²) in [6, 6.07) is 7.28. The molecule has 128 valence electrons. The molecule has 0 aliphatic rings. The molecule has 1 aromatic heterocycles. The normalized spacial score (nSPS) is 10.4. The van der Waals surface area contributed by atoms with Gasteiger partial charge in [0.2, 0.25) is 17.6 Å². The highest BCUT2D eigenvalue weighted by Gasteiger charge is 2.13. The van der Waals surface area contributed by atoms with Crippen LogP contribution in [0.25, 0.3) is 11.4 Å². The number of carboxylic acids is 1. The Kier molecular flexibility index (Phi) is 5.89. The molecule has 1 heterocycles. The van der Waals surface area contributed by atoms with E-state index in [0.717, 1.165) is 11.3 Å². The van der Waals surface area contributed by atoms with Crippen LogP contribution in [0.2, 0.25) is 0 Å². The van der Waals surface area contributed by atoms with Gasteiger partial charge in [0, 0.05) is 25.5 Å². The number of methoxy groups -OCH3 is 1. The number of carboxylic acid groups (broad SMARTS) is 1. The van der Waals surface area contributed by atoms with Gasteiger partial charge in [-0.1, -0.05) is 5.16 Å². The van der Waals surface area contributed by atoms with E-state index in [1.54, 1.807) is 7.11 Å². The lowest BCUT2D eigenvalue weighted by molar-refractivity contribution is -0.143. The zero-order valence-electron chi connectivity index (χ0n) is 13.6. The Morgan fingerprint density at radius 2 is 2.00 bits per heavy atom. The molecule has 0 saturated carbocycles. The monoisotopic (exact) mass is 333 g/mol. The number of aliphatic carboxylic acids is 1. The second-order valence-electron chi connectivity index (χ2n) is 5.24. The molecule has 0 radical (unpaired) electrons. The predicted molar refractivity (Wildman–Crippen MR) is 84.5 cm³/mol. The summed E-state index contributed by atoms with van der Waals surface area (Å²) in [4.78, 5) is 27.8. The Morgan fingerprint density at radius 1 is 1.29 bits per heavy atom. The molecule has 0 atom stereocenters. The van der Waals surface area contributed by atoms with E-state index in [0.29, 0.717) is 24.6 Å². The van der Waals surface area contributed by atoms with Crippen LogP contribution in [0.1, 0.15) is 18.7 Å². The minimum atomic E-state index is -1.04. The van der Waals surface area contributed by atoms with Gasteiger partial charge in [0.25, 0.3) is 0 Å². The minimum Gasteiger partial charge on any atom is -0.497 e. The summed E-state index contributed by atoms with van der Waals surface area (Å²) >= 11 is 0. The number of hydrogen-bond donors (Lipinski definition) is 1. The van der Waals surface area contributed by atoms with E-state index in [9.17, 15) is 9.59 Å². The second-order valence-corrected chi connectivity index (χ2v) is 5.24. The van der Waals surface area contributed by atoms with E-state index in [1.165, 1.54) is 11.9 Å². The van der Waals surface area contributed by atoms with Crippen LogP contribution in [0.5, 0.6) is 5.75 Å². The van der Waals surface area contributed by atoms with Crippen molar-refractivity contribution in [1.82, 2.24) is 15.0 Å². The van der Waals surface area contributed by atoms with E-state index >= 15 is 0 Å². The number of carbonyl (C=O) groups is 2. The highest BCUT2D eigenvalue weighted by molar-refractivity contribution is 5.80. The van der Waals surface area contributed by atoms with Gasteiger partial charge in [-0.05, 0) is 30.7 Å². The summed E-state index contributed by atoms with van der Waals surface area (Å²) in [5.74, 6) is 0.391. The molecule has 0 spiro atoms. The number of aromatic nitrogens is 2. The SMILES string of the molecule is COc1ccc(-c2noc(CCCC(=O)N(C)CC(=O)O)n2)cc1. The molecule has 0 bridgehead atoms. The number of nitrogens with zero attached hydrogens (tertiary/aromatic N) is 3. The molecular formula is C16H19N3O5. The van der Waals surface area contributed by atoms with Crippen molar-refractivity contribution in [2.45, 2.75) is 19.3 Å². The van der Waals surface area contributed by atoms with Crippen molar-refractivity contribution in [1.29, 1.82) is 0 Å². The van der Waals surface area contributed by atoms with Crippen molar-refractivity contribution in [3.8, 4) is 17.1 Å². The Labute approximate surface area is 139 Å². The van der Waals surface area contributed by atoms with Crippen molar-refractivity contribution in [3.63, 3.8) is 0 Å². The molecule has 8 heteroatoms. The van der Waals surface area contributed by atoms with Gasteiger partial charge in [0.15, 0.2) is 0 Å². The fraction of sp³-hybridized carbons (Fsp3) is 0.375. The maximum Gasteiger partial charge on any atom is 0.323 e. The topological polar surface area (TPSA) is 106 Å². The Balaban J connectivity index is 1.85. The molecule has 0 fully saturated rings. The maximum absolute atomic E-state index is 11.7. The summed E-state index contributed by atoms with van der Waals surface area (Å²) < 4.78 is 10.3. The van der Waals surface area contributed by atoms with Crippen LogP contribution in [0.3, 0.4) is 0 Å². The van der Waals surface area contributed by atoms with Crippen LogP contribution in [0.15, 0.2) is 28.8 Å². The van der Waals surface area contributed by atoms with Crippen LogP contribution in [-0.2, 0) is 16.0 Å². The van der Waals surface area contributed by atoms with Crippen molar-refractivity contribution in [2.75, 3.05) is 20.7 Å². The summed E-state index contributed by atoms with van der Waals surface area (Å²) in [6.45, 7) is -0.305. The van der Waals surface area contributed by atoms with Crippen LogP contribution in [0.4, 0.5) is 0 Å². The first-order valence-electron chi connectivity index (χ1n) is 7.42. The minimum absolute atomic E-state index is 0.226. The largest absolute Gasteiger partial charge is 0.497 e. The summed E-state index contributed by atoms with van der Waals surface area (Å²) in [6.07, 6.45) is 1.19. The Bertz CT molecular complexity index is 696. The average molecular weight is 333 g/mol. The molecule has 8 nitrogen and oxygen atoms in total. The third-order valence-corrected chi connectivity index (χ3v) is 3.40. The third-order valence-electron chi connectivity index (χ3n) is 3.40. The van der Waals surface area contributed by atoms with Gasteiger partial charge in [0.1, 0.15) is 12.3 Å². The second kappa shape index (κ2) is 8.09. The standard InChI is InChI=1S/C16H19N3O5/c1-19(10-15(21)22)14(20)5-3-4-13-17-16(18-24-13)11-6-8-12(23-2)9-7-11/h6-9H,3-5,10H2,1-2H3,(H,21,22). The number of hydrogen-bond acceptors (Lipinski definition) is 6. The highest BCUT2D eigenvalue weighted by Crippen LogP contribution is 2.20. The fourth-order valence-corrected chi connectivity index (χ4v) is 2.09. The van der Waals surface area contributed by atoms with Gasteiger partial charge in [-0.3, -0.25) is 9.59 Å². The van der Waals surface area contributed by atoms with Gasteiger partial charge >= 0.3 is 5.97 Å². The molecular weight excluding hydrogens is 314 g/mol. The smallest absolute Gasteiger partial charge is 0.323 e. The van der Waals surface area contributed by atoms with E-state index in [2.05, 4.69) is 10.1 Å². The molecule has 0 unspecified atom stereocenters. The molecule has 0 aliphatic heterocycles. The number of rotatable bonds is 8. The van der Waals surface area contributed by atoms with Crippen LogP contribution >= 0.6 is 0 Å². The maximum atomic E-state index is 11.7. The summed E-state index contributed by atoms with van der Waals surface area (Å²) in [5.41, 5.74) is 0.808. The molecule has 24 heavy (non-hydrogen) atoms. The Hall–Kier alpha value is -2.90. The van der Waals surface area contributed by atoms with Gasteiger partial charge in [0.05, 0.1) is 7.11 Å². The number of carbonyl (C=O) groups excluding carboxylic acids is 1. The van der Waals surface area contributed by atoms with Crippen LogP contribution in [-0.4, -0.2) is 52.7 Å². The lowest BCUT2D eigenvalue weighted by Crippen LogP contribution is -2.31. The molecule has 0 saturated heterocycles. The summed E-state index contributed by atoms with van der Waals surface area (Å²) in [7, 11) is 3.06. The first-order valence-corrected chi connectivity index (χ1v) is 7.42. The van der Waals surface area contributed by atoms with Crippen molar-refractivity contribution in [2.24, 2.45) is 0 Å². The van der Waals surface area contributed by atoms with Gasteiger partial charge in [-0.15, -0.1) is 0 Å². The molecule has 1 amide bonds. The van der Waals surface area contributed by atoms with E-state index < -0.39 is 5.97 Å². The number of amides is 1. The predicted octanol–water partition coefficient (Wildman–Crippen LogP) is 1.61. The number of likely N-dealkylation sites (N-methyl/N-ethyl adjacent to an activating group) is 1. The number of aryl methyl sites for hydroxylation is 1. The molecule has 1 N–H and O–H groups in total. The molecule has 1 aromatic carbocycles. The van der Waals surface area contributed by atoms with Gasteiger partial charge in [-0.2, -0.15) is 4.98 Å². The van der Waals surface area contributed by atoms with E-state index in [1.807, 2.05) is 24.3 Å². The first kappa shape index (κ1) is 17.5. The first-order chi connectivity index (χ1) is 11.5. The zero-order valence-corrected chi connectivity index (χ0v) is 13.6. The van der Waals surface area contributed by atoms with Gasteiger partial charge in [-0.25, -0.2) is 0 Å². The zero-order chi connectivity index (χ0) is 17.5. The van der Waals surface area contributed by atoms with E-state index in [4.69, 9.17) is 14.4 Å². The Morgan fingerprint density at radius 3 is 2.62 bits per heavy atom. The average Bonchev–Trinajstić information content (AvgIpc) is 3.03. The lowest BCUT2D eigenvalue weighted by Gasteiger charge is -2.13. The van der Waals surface area contributed by atoms with Crippen molar-refractivity contribution >= 4 is 11.9 Å². The lowest BCUT2D eigenvalue weighted by atomic mass is 10.2. The fourth-order valence-electron chi connectivity index (χ4n) is 2.09. The molecule has 2 aromatic rings. The van der Waals surface area contributed by atoms with Gasteiger partial charge < -0.3 is 19.3 Å². The third kappa shape index (κ3) is 4.80. The molecule has 2 rings (SSSR count). The van der Waals surface area contributed by atoms with Crippen LogP contribution in [0, 0.1) is 0 Å². The quantitative estimate of drug-likeness (QED) is 0.782. The van der Waals surface area contributed by atoms with E-state index in [-0.39, 0.29) is 18.9 Å².